The summed E-state index contributed by atoms with van der Waals surface area (Å²) in [4.78, 5) is 62.6. The van der Waals surface area contributed by atoms with Crippen LogP contribution in [0.3, 0.4) is 0 Å². The number of carboxylic acids is 2. The lowest BCUT2D eigenvalue weighted by Gasteiger charge is -2.49. The third-order valence-electron chi connectivity index (χ3n) is 5.24. The number of carbonyl (C=O) groups excluding carboxylic acids is 3. The van der Waals surface area contributed by atoms with Crippen molar-refractivity contribution in [1.82, 2.24) is 10.2 Å². The minimum atomic E-state index is -1.36. The fraction of sp³-hybridized carbons (Fsp3) is 0.227. The van der Waals surface area contributed by atoms with Gasteiger partial charge in [-0.25, -0.2) is 14.4 Å². The van der Waals surface area contributed by atoms with Crippen molar-refractivity contribution < 1.29 is 38.9 Å². The number of amides is 2. The van der Waals surface area contributed by atoms with Crippen LogP contribution in [0.1, 0.15) is 25.6 Å². The molecule has 12 heteroatoms. The highest BCUT2D eigenvalue weighted by Gasteiger charge is 2.54. The SMILES string of the molecule is O=C(Cc1cccs1)N[C@@H]1C(=O)N2C(C(=O)O)=C(COC(=O)c3ccccc3C(=O)O)CS[C@@H]12. The molecule has 2 aliphatic heterocycles. The number of carbonyl (C=O) groups is 5. The zero-order chi connectivity index (χ0) is 24.4. The van der Waals surface area contributed by atoms with E-state index in [9.17, 15) is 34.2 Å². The van der Waals surface area contributed by atoms with Gasteiger partial charge in [-0.15, -0.1) is 23.1 Å². The highest BCUT2D eigenvalue weighted by molar-refractivity contribution is 8.00. The molecule has 1 fully saturated rings. The van der Waals surface area contributed by atoms with Gasteiger partial charge in [-0.3, -0.25) is 14.5 Å². The van der Waals surface area contributed by atoms with Gasteiger partial charge in [0.05, 0.1) is 17.5 Å². The Labute approximate surface area is 201 Å². The molecule has 1 saturated heterocycles. The molecule has 4 rings (SSSR count). The van der Waals surface area contributed by atoms with Crippen LogP contribution in [0.15, 0.2) is 53.0 Å². The number of fused-ring (bicyclic) bond motifs is 1. The van der Waals surface area contributed by atoms with Crippen molar-refractivity contribution in [2.75, 3.05) is 12.4 Å². The zero-order valence-electron chi connectivity index (χ0n) is 17.4. The van der Waals surface area contributed by atoms with Gasteiger partial charge in [-0.2, -0.15) is 0 Å². The van der Waals surface area contributed by atoms with Gasteiger partial charge < -0.3 is 20.3 Å². The summed E-state index contributed by atoms with van der Waals surface area (Å²) in [6, 6.07) is 8.28. The van der Waals surface area contributed by atoms with Crippen molar-refractivity contribution in [3.63, 3.8) is 0 Å². The maximum Gasteiger partial charge on any atom is 0.352 e. The van der Waals surface area contributed by atoms with Gasteiger partial charge in [0.2, 0.25) is 5.91 Å². The van der Waals surface area contributed by atoms with Crippen LogP contribution in [0.4, 0.5) is 0 Å². The summed E-state index contributed by atoms with van der Waals surface area (Å²) >= 11 is 2.67. The number of rotatable bonds is 8. The van der Waals surface area contributed by atoms with Gasteiger partial charge in [0.15, 0.2) is 0 Å². The number of nitrogens with one attached hydrogen (secondary N) is 1. The first-order valence-electron chi connectivity index (χ1n) is 9.99. The number of nitrogens with zero attached hydrogens (tertiary/aromatic N) is 1. The molecule has 0 radical (unpaired) electrons. The highest BCUT2D eigenvalue weighted by Crippen LogP contribution is 2.40. The molecular formula is C22H18N2O8S2. The molecule has 0 saturated carbocycles. The first-order valence-corrected chi connectivity index (χ1v) is 11.9. The number of thiophene rings is 1. The summed E-state index contributed by atoms with van der Waals surface area (Å²) in [6.45, 7) is -0.423. The molecule has 0 spiro atoms. The number of carboxylic acid groups (broad SMARTS) is 2. The normalized spacial score (nSPS) is 19.2. The fourth-order valence-corrected chi connectivity index (χ4v) is 5.70. The molecule has 0 aliphatic carbocycles. The summed E-state index contributed by atoms with van der Waals surface area (Å²) in [5.41, 5.74) is -0.497. The number of ether oxygens (including phenoxy) is 1. The summed E-state index contributed by atoms with van der Waals surface area (Å²) in [6.07, 6.45) is 0.124. The molecule has 1 aromatic heterocycles. The molecule has 2 aliphatic rings. The van der Waals surface area contributed by atoms with E-state index in [1.165, 1.54) is 47.4 Å². The lowest BCUT2D eigenvalue weighted by atomic mass is 10.0. The number of esters is 1. The molecule has 10 nitrogen and oxygen atoms in total. The van der Waals surface area contributed by atoms with E-state index < -0.39 is 41.8 Å². The molecule has 2 aromatic rings. The predicted octanol–water partition coefficient (Wildman–Crippen LogP) is 1.58. The Balaban J connectivity index is 1.45. The number of aromatic carboxylic acids is 1. The van der Waals surface area contributed by atoms with Crippen molar-refractivity contribution in [3.8, 4) is 0 Å². The van der Waals surface area contributed by atoms with Gasteiger partial charge >= 0.3 is 17.9 Å². The molecule has 2 atom stereocenters. The Morgan fingerprint density at radius 1 is 1.06 bits per heavy atom. The quantitative estimate of drug-likeness (QED) is 0.361. The second-order valence-electron chi connectivity index (χ2n) is 7.40. The van der Waals surface area contributed by atoms with Crippen LogP contribution in [0.25, 0.3) is 0 Å². The largest absolute Gasteiger partial charge is 0.478 e. The second-order valence-corrected chi connectivity index (χ2v) is 9.53. The molecular weight excluding hydrogens is 484 g/mol. The van der Waals surface area contributed by atoms with Crippen LogP contribution in [0.5, 0.6) is 0 Å². The average molecular weight is 503 g/mol. The first-order chi connectivity index (χ1) is 16.3. The lowest BCUT2D eigenvalue weighted by Crippen LogP contribution is -2.70. The van der Waals surface area contributed by atoms with Crippen LogP contribution in [0, 0.1) is 0 Å². The van der Waals surface area contributed by atoms with E-state index in [0.717, 1.165) is 9.78 Å². The fourth-order valence-electron chi connectivity index (χ4n) is 3.67. The molecule has 176 valence electrons. The van der Waals surface area contributed by atoms with Crippen LogP contribution in [0.2, 0.25) is 0 Å². The lowest BCUT2D eigenvalue weighted by molar-refractivity contribution is -0.150. The minimum absolute atomic E-state index is 0.124. The van der Waals surface area contributed by atoms with E-state index in [0.29, 0.717) is 0 Å². The molecule has 3 N–H and O–H groups in total. The van der Waals surface area contributed by atoms with Crippen LogP contribution in [-0.4, -0.2) is 68.6 Å². The third kappa shape index (κ3) is 4.54. The molecule has 1 aromatic carbocycles. The number of thioether (sulfide) groups is 1. The van der Waals surface area contributed by atoms with E-state index in [4.69, 9.17) is 4.74 Å². The topological polar surface area (TPSA) is 150 Å². The Kier molecular flexibility index (Phi) is 6.70. The molecule has 0 bridgehead atoms. The second kappa shape index (κ2) is 9.69. The number of aliphatic carboxylic acids is 1. The summed E-state index contributed by atoms with van der Waals surface area (Å²) in [7, 11) is 0. The van der Waals surface area contributed by atoms with Crippen molar-refractivity contribution >= 4 is 52.8 Å². The summed E-state index contributed by atoms with van der Waals surface area (Å²) < 4.78 is 5.19. The Morgan fingerprint density at radius 2 is 1.79 bits per heavy atom. The number of benzene rings is 1. The van der Waals surface area contributed by atoms with Crippen LogP contribution >= 0.6 is 23.1 Å². The minimum Gasteiger partial charge on any atom is -0.478 e. The maximum absolute atomic E-state index is 12.7. The van der Waals surface area contributed by atoms with Crippen molar-refractivity contribution in [2.45, 2.75) is 17.8 Å². The first kappa shape index (κ1) is 23.5. The van der Waals surface area contributed by atoms with Gasteiger partial charge in [0.25, 0.3) is 5.91 Å². The molecule has 3 heterocycles. The van der Waals surface area contributed by atoms with E-state index in [1.807, 2.05) is 17.5 Å². The third-order valence-corrected chi connectivity index (χ3v) is 7.45. The van der Waals surface area contributed by atoms with Gasteiger partial charge in [-0.05, 0) is 23.6 Å². The highest BCUT2D eigenvalue weighted by atomic mass is 32.2. The average Bonchev–Trinajstić information content (AvgIpc) is 3.33. The standard InChI is InChI=1S/C22H18N2O8S2/c25-15(8-12-4-3-7-33-12)23-16-18(26)24-17(21(29)30)11(10-34-19(16)24)9-32-22(31)14-6-2-1-5-13(14)20(27)28/h1-7,16,19H,8-10H2,(H,23,25)(H,27,28)(H,29,30)/t16-,19+/m1/s1. The maximum atomic E-state index is 12.7. The summed E-state index contributed by atoms with van der Waals surface area (Å²) in [5.74, 6) is -4.32. The molecule has 2 amide bonds. The number of hydrogen-bond donors (Lipinski definition) is 3. The zero-order valence-corrected chi connectivity index (χ0v) is 19.1. The van der Waals surface area contributed by atoms with Crippen molar-refractivity contribution in [1.29, 1.82) is 0 Å². The van der Waals surface area contributed by atoms with Crippen molar-refractivity contribution in [2.24, 2.45) is 0 Å². The Morgan fingerprint density at radius 3 is 2.44 bits per heavy atom. The van der Waals surface area contributed by atoms with Crippen LogP contribution in [-0.2, 0) is 25.5 Å². The Bertz CT molecular complexity index is 1210. The summed E-state index contributed by atoms with van der Waals surface area (Å²) in [5, 5.41) is 22.9. The van der Waals surface area contributed by atoms with E-state index >= 15 is 0 Å². The smallest absolute Gasteiger partial charge is 0.352 e. The van der Waals surface area contributed by atoms with E-state index in [2.05, 4.69) is 5.32 Å². The molecule has 0 unspecified atom stereocenters. The predicted molar refractivity (Wildman–Crippen MR) is 121 cm³/mol. The van der Waals surface area contributed by atoms with Gasteiger partial charge in [0, 0.05) is 16.2 Å². The molecule has 34 heavy (non-hydrogen) atoms. The van der Waals surface area contributed by atoms with Gasteiger partial charge in [-0.1, -0.05) is 18.2 Å². The van der Waals surface area contributed by atoms with E-state index in [1.54, 1.807) is 0 Å². The monoisotopic (exact) mass is 502 g/mol. The number of hydrogen-bond acceptors (Lipinski definition) is 8. The van der Waals surface area contributed by atoms with E-state index in [-0.39, 0.29) is 40.5 Å². The van der Waals surface area contributed by atoms with Crippen molar-refractivity contribution in [3.05, 3.63) is 69.1 Å². The Hall–Kier alpha value is -3.64. The van der Waals surface area contributed by atoms with Crippen LogP contribution < -0.4 is 5.32 Å². The number of β-lactam (4-membered cyclic amide) rings is 1. The van der Waals surface area contributed by atoms with Gasteiger partial charge in [0.1, 0.15) is 23.7 Å².